The Bertz CT molecular complexity index is 448. The van der Waals surface area contributed by atoms with Crippen LogP contribution in [0.2, 0.25) is 0 Å². The van der Waals surface area contributed by atoms with Crippen LogP contribution in [-0.2, 0) is 6.67 Å². The Morgan fingerprint density at radius 3 is 2.60 bits per heavy atom. The van der Waals surface area contributed by atoms with E-state index in [9.17, 15) is 4.39 Å². The third kappa shape index (κ3) is 2.21. The van der Waals surface area contributed by atoms with Crippen LogP contribution in [0.4, 0.5) is 4.39 Å². The largest absolute Gasteiger partial charge is 0.258 e. The van der Waals surface area contributed by atoms with Crippen molar-refractivity contribution in [2.75, 3.05) is 0 Å². The van der Waals surface area contributed by atoms with Gasteiger partial charge in [-0.15, -0.1) is 0 Å². The van der Waals surface area contributed by atoms with Gasteiger partial charge in [-0.1, -0.05) is 35.9 Å². The number of rotatable bonds is 2. The molecule has 0 aliphatic carbocycles. The van der Waals surface area contributed by atoms with E-state index in [1.165, 1.54) is 5.56 Å². The minimum absolute atomic E-state index is 0.478. The molecule has 0 fully saturated rings. The zero-order chi connectivity index (χ0) is 10.7. The maximum atomic E-state index is 12.3. The van der Waals surface area contributed by atoms with Gasteiger partial charge in [-0.3, -0.25) is 4.98 Å². The molecule has 1 aromatic heterocycles. The first-order valence-corrected chi connectivity index (χ1v) is 4.87. The minimum Gasteiger partial charge on any atom is -0.258 e. The van der Waals surface area contributed by atoms with Crippen molar-refractivity contribution in [3.05, 3.63) is 53.9 Å². The molecule has 2 heteroatoms. The van der Waals surface area contributed by atoms with Gasteiger partial charge in [0, 0.05) is 11.8 Å². The summed E-state index contributed by atoms with van der Waals surface area (Å²) in [4.78, 5) is 4.03. The molecule has 0 amide bonds. The summed E-state index contributed by atoms with van der Waals surface area (Å²) in [6.45, 7) is 1.54. The lowest BCUT2D eigenvalue weighted by molar-refractivity contribution is 0.476. The Balaban J connectivity index is 2.37. The molecule has 76 valence electrons. The zero-order valence-electron chi connectivity index (χ0n) is 8.57. The van der Waals surface area contributed by atoms with Gasteiger partial charge in [0.15, 0.2) is 0 Å². The quantitative estimate of drug-likeness (QED) is 0.724. The number of alkyl halides is 1. The van der Waals surface area contributed by atoms with Crippen LogP contribution in [0.1, 0.15) is 11.3 Å². The Morgan fingerprint density at radius 2 is 2.00 bits per heavy atom. The van der Waals surface area contributed by atoms with Gasteiger partial charge in [-0.05, 0) is 18.6 Å². The van der Waals surface area contributed by atoms with E-state index >= 15 is 0 Å². The van der Waals surface area contributed by atoms with Gasteiger partial charge >= 0.3 is 0 Å². The molecule has 0 atom stereocenters. The number of nitrogens with zero attached hydrogens (tertiary/aromatic N) is 1. The minimum atomic E-state index is -0.506. The van der Waals surface area contributed by atoms with E-state index in [-0.39, 0.29) is 0 Å². The van der Waals surface area contributed by atoms with Gasteiger partial charge in [0.2, 0.25) is 0 Å². The number of pyridine rings is 1. The number of aryl methyl sites for hydroxylation is 1. The van der Waals surface area contributed by atoms with E-state index < -0.39 is 6.67 Å². The van der Waals surface area contributed by atoms with Crippen molar-refractivity contribution in [3.63, 3.8) is 0 Å². The van der Waals surface area contributed by atoms with Gasteiger partial charge in [-0.2, -0.15) is 0 Å². The predicted octanol–water partition coefficient (Wildman–Crippen LogP) is 3.53. The number of hydrogen-bond acceptors (Lipinski definition) is 1. The first-order valence-electron chi connectivity index (χ1n) is 4.87. The maximum absolute atomic E-state index is 12.3. The van der Waals surface area contributed by atoms with Gasteiger partial charge in [0.1, 0.15) is 6.67 Å². The molecule has 0 radical (unpaired) electrons. The highest BCUT2D eigenvalue weighted by atomic mass is 19.1. The summed E-state index contributed by atoms with van der Waals surface area (Å²) in [7, 11) is 0. The van der Waals surface area contributed by atoms with Crippen LogP contribution in [0.3, 0.4) is 0 Å². The summed E-state index contributed by atoms with van der Waals surface area (Å²) in [5.41, 5.74) is 3.83. The second-order valence-electron chi connectivity index (χ2n) is 3.54. The van der Waals surface area contributed by atoms with Crippen molar-refractivity contribution in [1.29, 1.82) is 0 Å². The van der Waals surface area contributed by atoms with E-state index in [0.717, 1.165) is 11.1 Å². The molecule has 2 aromatic rings. The van der Waals surface area contributed by atoms with Crippen molar-refractivity contribution >= 4 is 0 Å². The number of halogens is 1. The molecule has 0 spiro atoms. The molecular formula is C13H12FN. The summed E-state index contributed by atoms with van der Waals surface area (Å²) in [6.07, 6.45) is 1.71. The Labute approximate surface area is 88.6 Å². The van der Waals surface area contributed by atoms with Gasteiger partial charge in [-0.25, -0.2) is 4.39 Å². The second-order valence-corrected chi connectivity index (χ2v) is 3.54. The van der Waals surface area contributed by atoms with E-state index in [1.54, 1.807) is 12.3 Å². The van der Waals surface area contributed by atoms with Crippen LogP contribution in [0.5, 0.6) is 0 Å². The lowest BCUT2D eigenvalue weighted by Crippen LogP contribution is -1.86. The molecule has 1 nitrogen and oxygen atoms in total. The van der Waals surface area contributed by atoms with Crippen molar-refractivity contribution in [2.45, 2.75) is 13.6 Å². The first-order chi connectivity index (χ1) is 7.29. The number of aromatic nitrogens is 1. The fourth-order valence-electron chi connectivity index (χ4n) is 1.50. The van der Waals surface area contributed by atoms with E-state index in [1.807, 2.05) is 31.2 Å². The zero-order valence-corrected chi connectivity index (χ0v) is 8.57. The highest BCUT2D eigenvalue weighted by molar-refractivity contribution is 5.63. The standard InChI is InChI=1S/C13H12FN/c1-10-3-2-4-11(7-10)12-5-6-13(8-14)15-9-12/h2-7,9H,8H2,1H3. The van der Waals surface area contributed by atoms with Crippen LogP contribution in [0.25, 0.3) is 11.1 Å². The van der Waals surface area contributed by atoms with Gasteiger partial charge < -0.3 is 0 Å². The fraction of sp³-hybridized carbons (Fsp3) is 0.154. The molecule has 0 N–H and O–H groups in total. The molecule has 0 aliphatic rings. The van der Waals surface area contributed by atoms with Crippen LogP contribution >= 0.6 is 0 Å². The molecule has 2 rings (SSSR count). The Hall–Kier alpha value is -1.70. The van der Waals surface area contributed by atoms with Crippen LogP contribution in [0.15, 0.2) is 42.6 Å². The molecular weight excluding hydrogens is 189 g/mol. The summed E-state index contributed by atoms with van der Waals surface area (Å²) in [5, 5.41) is 0. The lowest BCUT2D eigenvalue weighted by atomic mass is 10.1. The monoisotopic (exact) mass is 201 g/mol. The van der Waals surface area contributed by atoms with Crippen LogP contribution in [-0.4, -0.2) is 4.98 Å². The van der Waals surface area contributed by atoms with Gasteiger partial charge in [0.25, 0.3) is 0 Å². The van der Waals surface area contributed by atoms with E-state index in [2.05, 4.69) is 11.1 Å². The number of benzene rings is 1. The van der Waals surface area contributed by atoms with Crippen molar-refractivity contribution < 1.29 is 4.39 Å². The number of hydrogen-bond donors (Lipinski definition) is 0. The van der Waals surface area contributed by atoms with E-state index in [4.69, 9.17) is 0 Å². The average molecular weight is 201 g/mol. The topological polar surface area (TPSA) is 12.9 Å². The first kappa shape index (κ1) is 9.84. The fourth-order valence-corrected chi connectivity index (χ4v) is 1.50. The molecule has 0 saturated heterocycles. The molecule has 0 unspecified atom stereocenters. The smallest absolute Gasteiger partial charge is 0.131 e. The third-order valence-electron chi connectivity index (χ3n) is 2.31. The van der Waals surface area contributed by atoms with Crippen molar-refractivity contribution in [1.82, 2.24) is 4.98 Å². The Morgan fingerprint density at radius 1 is 1.13 bits per heavy atom. The molecule has 0 aliphatic heterocycles. The molecule has 1 aromatic carbocycles. The van der Waals surface area contributed by atoms with Gasteiger partial charge in [0.05, 0.1) is 5.69 Å². The van der Waals surface area contributed by atoms with Crippen LogP contribution in [0, 0.1) is 6.92 Å². The average Bonchev–Trinajstić information content (AvgIpc) is 2.29. The summed E-state index contributed by atoms with van der Waals surface area (Å²) >= 11 is 0. The summed E-state index contributed by atoms with van der Waals surface area (Å²) in [6, 6.07) is 11.8. The highest BCUT2D eigenvalue weighted by Gasteiger charge is 1.98. The molecule has 15 heavy (non-hydrogen) atoms. The third-order valence-corrected chi connectivity index (χ3v) is 2.31. The molecule has 1 heterocycles. The maximum Gasteiger partial charge on any atom is 0.131 e. The predicted molar refractivity (Wildman–Crippen MR) is 59.2 cm³/mol. The second kappa shape index (κ2) is 4.22. The van der Waals surface area contributed by atoms with Crippen molar-refractivity contribution in [2.24, 2.45) is 0 Å². The molecule has 0 bridgehead atoms. The van der Waals surface area contributed by atoms with Crippen LogP contribution < -0.4 is 0 Å². The molecule has 0 saturated carbocycles. The van der Waals surface area contributed by atoms with Crippen molar-refractivity contribution in [3.8, 4) is 11.1 Å². The summed E-state index contributed by atoms with van der Waals surface area (Å²) in [5.74, 6) is 0. The lowest BCUT2D eigenvalue weighted by Gasteiger charge is -2.02. The SMILES string of the molecule is Cc1cccc(-c2ccc(CF)nc2)c1. The normalized spacial score (nSPS) is 10.3. The highest BCUT2D eigenvalue weighted by Crippen LogP contribution is 2.19. The Kier molecular flexibility index (Phi) is 2.77. The van der Waals surface area contributed by atoms with E-state index in [0.29, 0.717) is 5.69 Å². The summed E-state index contributed by atoms with van der Waals surface area (Å²) < 4.78 is 12.3.